The molecule has 6 heteroatoms. The Morgan fingerprint density at radius 3 is 2.35 bits per heavy atom. The Balaban J connectivity index is 2.17. The molecule has 0 aromatic heterocycles. The lowest BCUT2D eigenvalue weighted by atomic mass is 10.1. The number of nitro benzene ring substituents is 1. The summed E-state index contributed by atoms with van der Waals surface area (Å²) in [6.07, 6.45) is 0. The topological polar surface area (TPSA) is 73.6 Å². The number of nitrogens with zero attached hydrogens (tertiary/aromatic N) is 1. The molecule has 0 atom stereocenters. The minimum atomic E-state index is -0.590. The lowest BCUT2D eigenvalue weighted by Crippen LogP contribution is -2.45. The van der Waals surface area contributed by atoms with Crippen LogP contribution in [0.15, 0.2) is 12.1 Å². The number of benzene rings is 1. The second kappa shape index (κ2) is 5.38. The van der Waals surface area contributed by atoms with E-state index in [9.17, 15) is 10.1 Å². The van der Waals surface area contributed by atoms with Crippen LogP contribution in [0, 0.1) is 24.0 Å². The van der Waals surface area contributed by atoms with Crippen molar-refractivity contribution in [3.8, 4) is 0 Å². The van der Waals surface area contributed by atoms with Gasteiger partial charge in [0.15, 0.2) is 5.79 Å². The monoisotopic (exact) mass is 280 g/mol. The molecule has 0 radical (unpaired) electrons. The van der Waals surface area contributed by atoms with E-state index >= 15 is 0 Å². The molecular formula is C14H20N2O4. The highest BCUT2D eigenvalue weighted by molar-refractivity contribution is 5.65. The fraction of sp³-hybridized carbons (Fsp3) is 0.571. The molecule has 1 aromatic rings. The molecule has 1 heterocycles. The number of anilines is 1. The predicted molar refractivity (Wildman–Crippen MR) is 76.0 cm³/mol. The fourth-order valence-corrected chi connectivity index (χ4v) is 2.06. The number of ether oxygens (including phenoxy) is 2. The van der Waals surface area contributed by atoms with Crippen molar-refractivity contribution in [2.24, 2.45) is 0 Å². The summed E-state index contributed by atoms with van der Waals surface area (Å²) in [6, 6.07) is 3.29. The van der Waals surface area contributed by atoms with Gasteiger partial charge < -0.3 is 14.8 Å². The summed E-state index contributed by atoms with van der Waals surface area (Å²) in [5.41, 5.74) is 2.50. The van der Waals surface area contributed by atoms with Crippen LogP contribution in [-0.2, 0) is 9.47 Å². The van der Waals surface area contributed by atoms with Crippen LogP contribution in [0.4, 0.5) is 11.4 Å². The van der Waals surface area contributed by atoms with Crippen molar-refractivity contribution >= 4 is 11.4 Å². The maximum atomic E-state index is 11.1. The van der Waals surface area contributed by atoms with Gasteiger partial charge in [-0.05, 0) is 44.9 Å². The maximum Gasteiger partial charge on any atom is 0.292 e. The molecule has 2 rings (SSSR count). The molecular weight excluding hydrogens is 260 g/mol. The third-order valence-corrected chi connectivity index (χ3v) is 3.43. The smallest absolute Gasteiger partial charge is 0.292 e. The molecule has 6 nitrogen and oxygen atoms in total. The van der Waals surface area contributed by atoms with Crippen molar-refractivity contribution in [1.82, 2.24) is 0 Å². The quantitative estimate of drug-likeness (QED) is 0.680. The van der Waals surface area contributed by atoms with Gasteiger partial charge in [-0.2, -0.15) is 0 Å². The number of nitrogens with one attached hydrogen (secondary N) is 1. The van der Waals surface area contributed by atoms with E-state index in [0.717, 1.165) is 11.1 Å². The first-order valence-electron chi connectivity index (χ1n) is 6.58. The van der Waals surface area contributed by atoms with Crippen molar-refractivity contribution in [3.05, 3.63) is 33.4 Å². The van der Waals surface area contributed by atoms with Crippen molar-refractivity contribution in [2.45, 2.75) is 39.5 Å². The van der Waals surface area contributed by atoms with E-state index in [2.05, 4.69) is 5.32 Å². The molecule has 110 valence electrons. The number of hydrogen-bond acceptors (Lipinski definition) is 5. The predicted octanol–water partition coefficient (Wildman–Crippen LogP) is 2.78. The zero-order chi connectivity index (χ0) is 14.9. The normalized spacial score (nSPS) is 18.8. The Bertz CT molecular complexity index is 518. The SMILES string of the molecule is Cc1cc(NC2COC(C)(C)OC2)c([N+](=O)[O-])cc1C. The van der Waals surface area contributed by atoms with E-state index in [4.69, 9.17) is 9.47 Å². The number of aryl methyl sites for hydroxylation is 2. The van der Waals surface area contributed by atoms with E-state index in [1.807, 2.05) is 27.7 Å². The van der Waals surface area contributed by atoms with Crippen LogP contribution in [-0.4, -0.2) is 30.0 Å². The molecule has 0 aliphatic carbocycles. The highest BCUT2D eigenvalue weighted by Gasteiger charge is 2.29. The summed E-state index contributed by atoms with van der Waals surface area (Å²) >= 11 is 0. The van der Waals surface area contributed by atoms with Crippen LogP contribution in [0.2, 0.25) is 0 Å². The molecule has 20 heavy (non-hydrogen) atoms. The Kier molecular flexibility index (Phi) is 3.96. The van der Waals surface area contributed by atoms with E-state index in [-0.39, 0.29) is 16.7 Å². The van der Waals surface area contributed by atoms with Crippen molar-refractivity contribution in [3.63, 3.8) is 0 Å². The van der Waals surface area contributed by atoms with E-state index in [0.29, 0.717) is 18.9 Å². The Morgan fingerprint density at radius 1 is 1.25 bits per heavy atom. The average Bonchev–Trinajstić information content (AvgIpc) is 2.35. The number of rotatable bonds is 3. The second-order valence-electron chi connectivity index (χ2n) is 5.57. The van der Waals surface area contributed by atoms with E-state index < -0.39 is 5.79 Å². The lowest BCUT2D eigenvalue weighted by molar-refractivity contribution is -0.384. The highest BCUT2D eigenvalue weighted by Crippen LogP contribution is 2.29. The molecule has 1 aliphatic rings. The summed E-state index contributed by atoms with van der Waals surface area (Å²) in [5.74, 6) is -0.590. The van der Waals surface area contributed by atoms with E-state index in [1.165, 1.54) is 0 Å². The molecule has 0 unspecified atom stereocenters. The zero-order valence-electron chi connectivity index (χ0n) is 12.2. The van der Waals surface area contributed by atoms with Gasteiger partial charge in [0.1, 0.15) is 5.69 Å². The van der Waals surface area contributed by atoms with Crippen LogP contribution in [0.25, 0.3) is 0 Å². The first-order valence-corrected chi connectivity index (χ1v) is 6.58. The van der Waals surface area contributed by atoms with Gasteiger partial charge in [0, 0.05) is 6.07 Å². The largest absolute Gasteiger partial charge is 0.372 e. The summed E-state index contributed by atoms with van der Waals surface area (Å²) in [5, 5.41) is 14.3. The molecule has 1 saturated heterocycles. The van der Waals surface area contributed by atoms with Crippen molar-refractivity contribution < 1.29 is 14.4 Å². The molecule has 1 fully saturated rings. The van der Waals surface area contributed by atoms with Crippen LogP contribution < -0.4 is 5.32 Å². The Morgan fingerprint density at radius 2 is 1.80 bits per heavy atom. The van der Waals surface area contributed by atoms with E-state index in [1.54, 1.807) is 12.1 Å². The minimum absolute atomic E-state index is 0.0814. The van der Waals surface area contributed by atoms with Crippen LogP contribution in [0.1, 0.15) is 25.0 Å². The standard InChI is InChI=1S/C14H20N2O4/c1-9-5-12(13(16(17)18)6-10(9)2)15-11-7-19-14(3,4)20-8-11/h5-6,11,15H,7-8H2,1-4H3. The fourth-order valence-electron chi connectivity index (χ4n) is 2.06. The average molecular weight is 280 g/mol. The molecule has 1 N–H and O–H groups in total. The van der Waals surface area contributed by atoms with Crippen LogP contribution >= 0.6 is 0 Å². The van der Waals surface area contributed by atoms with Crippen molar-refractivity contribution in [2.75, 3.05) is 18.5 Å². The Labute approximate surface area is 118 Å². The van der Waals surface area contributed by atoms with Gasteiger partial charge in [-0.3, -0.25) is 10.1 Å². The summed E-state index contributed by atoms with van der Waals surface area (Å²) in [7, 11) is 0. The summed E-state index contributed by atoms with van der Waals surface area (Å²) < 4.78 is 11.1. The highest BCUT2D eigenvalue weighted by atomic mass is 16.7. The van der Waals surface area contributed by atoms with Gasteiger partial charge in [0.2, 0.25) is 0 Å². The third-order valence-electron chi connectivity index (χ3n) is 3.43. The molecule has 1 aromatic carbocycles. The first kappa shape index (κ1) is 14.7. The number of hydrogen-bond donors (Lipinski definition) is 1. The lowest BCUT2D eigenvalue weighted by Gasteiger charge is -2.35. The first-order chi connectivity index (χ1) is 9.28. The molecule has 0 amide bonds. The van der Waals surface area contributed by atoms with Gasteiger partial charge in [0.25, 0.3) is 5.69 Å². The molecule has 1 aliphatic heterocycles. The molecule has 0 spiro atoms. The van der Waals surface area contributed by atoms with Gasteiger partial charge in [-0.25, -0.2) is 0 Å². The maximum absolute atomic E-state index is 11.1. The van der Waals surface area contributed by atoms with Crippen LogP contribution in [0.5, 0.6) is 0 Å². The zero-order valence-corrected chi connectivity index (χ0v) is 12.2. The Hall–Kier alpha value is -1.66. The summed E-state index contributed by atoms with van der Waals surface area (Å²) in [6.45, 7) is 8.40. The van der Waals surface area contributed by atoms with Gasteiger partial charge >= 0.3 is 0 Å². The number of nitro groups is 1. The second-order valence-corrected chi connectivity index (χ2v) is 5.57. The van der Waals surface area contributed by atoms with Gasteiger partial charge in [-0.15, -0.1) is 0 Å². The van der Waals surface area contributed by atoms with Crippen LogP contribution in [0.3, 0.4) is 0 Å². The van der Waals surface area contributed by atoms with Gasteiger partial charge in [0.05, 0.1) is 24.2 Å². The summed E-state index contributed by atoms with van der Waals surface area (Å²) in [4.78, 5) is 10.8. The third kappa shape index (κ3) is 3.26. The minimum Gasteiger partial charge on any atom is -0.372 e. The van der Waals surface area contributed by atoms with Crippen molar-refractivity contribution in [1.29, 1.82) is 0 Å². The van der Waals surface area contributed by atoms with Gasteiger partial charge in [-0.1, -0.05) is 0 Å². The molecule has 0 bridgehead atoms. The molecule has 0 saturated carbocycles.